The van der Waals surface area contributed by atoms with Gasteiger partial charge in [0.15, 0.2) is 0 Å². The fraction of sp³-hybridized carbons (Fsp3) is 0.407. The van der Waals surface area contributed by atoms with Crippen molar-refractivity contribution in [2.24, 2.45) is 0 Å². The van der Waals surface area contributed by atoms with Crippen LogP contribution in [0.3, 0.4) is 0 Å². The van der Waals surface area contributed by atoms with Crippen LogP contribution in [0.5, 0.6) is 5.75 Å². The van der Waals surface area contributed by atoms with E-state index in [1.807, 2.05) is 18.2 Å². The number of fused-ring (bicyclic) bond motifs is 2. The number of nitrogens with zero attached hydrogens (tertiary/aromatic N) is 1. The molecule has 31 heavy (non-hydrogen) atoms. The highest BCUT2D eigenvalue weighted by molar-refractivity contribution is 5.83. The van der Waals surface area contributed by atoms with Gasteiger partial charge in [-0.15, -0.1) is 0 Å². The number of β-amino-alcohol motifs (C(OH)–C–C–N with tert-alkyl or cyclic N) is 1. The number of rotatable bonds is 3. The van der Waals surface area contributed by atoms with E-state index < -0.39 is 12.2 Å². The van der Waals surface area contributed by atoms with E-state index >= 15 is 0 Å². The minimum atomic E-state index is -0.511. The summed E-state index contributed by atoms with van der Waals surface area (Å²) in [4.78, 5) is 2.32. The Morgan fingerprint density at radius 1 is 1.00 bits per heavy atom. The summed E-state index contributed by atoms with van der Waals surface area (Å²) in [5.74, 6) is 0.839. The first-order chi connectivity index (χ1) is 14.9. The average molecular weight is 418 g/mol. The van der Waals surface area contributed by atoms with Crippen LogP contribution in [0.15, 0.2) is 54.6 Å². The zero-order valence-electron chi connectivity index (χ0n) is 18.3. The number of aliphatic hydroxyl groups is 2. The first kappa shape index (κ1) is 20.5. The molecular weight excluding hydrogens is 386 g/mol. The lowest BCUT2D eigenvalue weighted by Gasteiger charge is -2.46. The summed E-state index contributed by atoms with van der Waals surface area (Å²) in [6.45, 7) is 6.50. The van der Waals surface area contributed by atoms with Gasteiger partial charge in [0, 0.05) is 31.6 Å². The van der Waals surface area contributed by atoms with Crippen molar-refractivity contribution >= 4 is 10.8 Å². The molecule has 2 aliphatic heterocycles. The summed E-state index contributed by atoms with van der Waals surface area (Å²) in [7, 11) is 0. The molecule has 0 aliphatic carbocycles. The van der Waals surface area contributed by atoms with E-state index in [2.05, 4.69) is 55.1 Å². The highest BCUT2D eigenvalue weighted by atomic mass is 16.5. The molecule has 2 N–H and O–H groups in total. The van der Waals surface area contributed by atoms with Crippen molar-refractivity contribution in [1.82, 2.24) is 4.90 Å². The topological polar surface area (TPSA) is 52.9 Å². The number of piperidine rings is 1. The molecule has 1 spiro atoms. The summed E-state index contributed by atoms with van der Waals surface area (Å²) in [6, 6.07) is 18.6. The Morgan fingerprint density at radius 3 is 2.48 bits per heavy atom. The second-order valence-electron chi connectivity index (χ2n) is 9.40. The van der Waals surface area contributed by atoms with Gasteiger partial charge in [0.25, 0.3) is 0 Å². The molecule has 0 amide bonds. The van der Waals surface area contributed by atoms with Gasteiger partial charge >= 0.3 is 0 Å². The molecule has 2 unspecified atom stereocenters. The van der Waals surface area contributed by atoms with Gasteiger partial charge in [0.2, 0.25) is 0 Å². The van der Waals surface area contributed by atoms with Gasteiger partial charge in [-0.1, -0.05) is 36.4 Å². The van der Waals surface area contributed by atoms with Gasteiger partial charge in [-0.3, -0.25) is 0 Å². The minimum Gasteiger partial charge on any atom is -0.487 e. The quantitative estimate of drug-likeness (QED) is 0.640. The standard InChI is InChI=1S/C27H31NO3/c1-18-13-23-24(29)16-27(31-26(23)14-19(18)2)9-11-28(12-10-27)17-25(30)22-8-7-20-5-3-4-6-21(20)15-22/h3-8,13-15,24-25,29-30H,9-12,16-17H2,1-2H3. The molecule has 3 aromatic carbocycles. The maximum atomic E-state index is 10.8. The van der Waals surface area contributed by atoms with Crippen LogP contribution in [0.1, 0.15) is 53.7 Å². The van der Waals surface area contributed by atoms with Crippen LogP contribution in [0, 0.1) is 13.8 Å². The summed E-state index contributed by atoms with van der Waals surface area (Å²) >= 11 is 0. The summed E-state index contributed by atoms with van der Waals surface area (Å²) < 4.78 is 6.50. The van der Waals surface area contributed by atoms with Crippen LogP contribution in [0.25, 0.3) is 10.8 Å². The van der Waals surface area contributed by atoms with Crippen LogP contribution in [-0.4, -0.2) is 40.3 Å². The lowest BCUT2D eigenvalue weighted by Crippen LogP contribution is -2.51. The maximum Gasteiger partial charge on any atom is 0.126 e. The third-order valence-corrected chi connectivity index (χ3v) is 7.23. The fourth-order valence-corrected chi connectivity index (χ4v) is 5.11. The SMILES string of the molecule is Cc1cc2c(cc1C)C(O)CC1(CCN(CC(O)c3ccc4ccccc4c3)CC1)O2. The molecule has 0 bridgehead atoms. The van der Waals surface area contributed by atoms with E-state index in [4.69, 9.17) is 4.74 Å². The highest BCUT2D eigenvalue weighted by Crippen LogP contribution is 2.45. The zero-order valence-corrected chi connectivity index (χ0v) is 18.3. The average Bonchev–Trinajstić information content (AvgIpc) is 2.77. The fourth-order valence-electron chi connectivity index (χ4n) is 5.11. The minimum absolute atomic E-state index is 0.307. The van der Waals surface area contributed by atoms with Crippen LogP contribution in [-0.2, 0) is 0 Å². The molecule has 1 saturated heterocycles. The number of hydrogen-bond acceptors (Lipinski definition) is 4. The van der Waals surface area contributed by atoms with Crippen molar-refractivity contribution in [1.29, 1.82) is 0 Å². The first-order valence-electron chi connectivity index (χ1n) is 11.3. The van der Waals surface area contributed by atoms with Gasteiger partial charge < -0.3 is 19.8 Å². The Kier molecular flexibility index (Phi) is 5.25. The number of benzene rings is 3. The van der Waals surface area contributed by atoms with E-state index in [0.29, 0.717) is 13.0 Å². The molecular formula is C27H31NO3. The molecule has 4 nitrogen and oxygen atoms in total. The number of likely N-dealkylation sites (tertiary alicyclic amines) is 1. The van der Waals surface area contributed by atoms with Crippen molar-refractivity contribution in [2.45, 2.75) is 50.9 Å². The Labute approximate surface area is 184 Å². The summed E-state index contributed by atoms with van der Waals surface area (Å²) in [5.41, 5.74) is 3.96. The molecule has 5 rings (SSSR count). The van der Waals surface area contributed by atoms with Crippen molar-refractivity contribution < 1.29 is 14.9 Å². The molecule has 4 heteroatoms. The van der Waals surface area contributed by atoms with Crippen molar-refractivity contribution in [2.75, 3.05) is 19.6 Å². The van der Waals surface area contributed by atoms with Crippen molar-refractivity contribution in [3.8, 4) is 5.75 Å². The normalized spacial score (nSPS) is 21.6. The maximum absolute atomic E-state index is 10.8. The van der Waals surface area contributed by atoms with Crippen LogP contribution in [0.2, 0.25) is 0 Å². The highest BCUT2D eigenvalue weighted by Gasteiger charge is 2.43. The number of ether oxygens (including phenoxy) is 1. The zero-order chi connectivity index (χ0) is 21.6. The molecule has 2 aliphatic rings. The Bertz CT molecular complexity index is 1100. The van der Waals surface area contributed by atoms with Crippen LogP contribution >= 0.6 is 0 Å². The monoisotopic (exact) mass is 417 g/mol. The van der Waals surface area contributed by atoms with Crippen molar-refractivity contribution in [3.63, 3.8) is 0 Å². The number of aryl methyl sites for hydroxylation is 2. The van der Waals surface area contributed by atoms with E-state index in [0.717, 1.165) is 48.2 Å². The van der Waals surface area contributed by atoms with E-state index in [9.17, 15) is 10.2 Å². The predicted molar refractivity (Wildman–Crippen MR) is 123 cm³/mol. The molecule has 0 saturated carbocycles. The Morgan fingerprint density at radius 2 is 1.71 bits per heavy atom. The molecule has 0 aromatic heterocycles. The van der Waals surface area contributed by atoms with E-state index in [1.54, 1.807) is 0 Å². The number of aliphatic hydroxyl groups excluding tert-OH is 2. The second kappa shape index (κ2) is 7.94. The first-order valence-corrected chi connectivity index (χ1v) is 11.3. The van der Waals surface area contributed by atoms with Gasteiger partial charge in [0.1, 0.15) is 11.4 Å². The lowest BCUT2D eigenvalue weighted by atomic mass is 9.81. The number of hydrogen-bond donors (Lipinski definition) is 2. The van der Waals surface area contributed by atoms with E-state index in [1.165, 1.54) is 16.5 Å². The van der Waals surface area contributed by atoms with Gasteiger partial charge in [0.05, 0.1) is 12.2 Å². The van der Waals surface area contributed by atoms with Gasteiger partial charge in [-0.25, -0.2) is 0 Å². The molecule has 0 radical (unpaired) electrons. The second-order valence-corrected chi connectivity index (χ2v) is 9.40. The largest absolute Gasteiger partial charge is 0.487 e. The molecule has 2 heterocycles. The van der Waals surface area contributed by atoms with Gasteiger partial charge in [-0.2, -0.15) is 0 Å². The Balaban J connectivity index is 1.25. The van der Waals surface area contributed by atoms with Crippen LogP contribution in [0.4, 0.5) is 0 Å². The smallest absolute Gasteiger partial charge is 0.126 e. The summed E-state index contributed by atoms with van der Waals surface area (Å²) in [6.07, 6.45) is 1.38. The van der Waals surface area contributed by atoms with Gasteiger partial charge in [-0.05, 0) is 72.4 Å². The Hall–Kier alpha value is -2.40. The molecule has 3 aromatic rings. The lowest BCUT2D eigenvalue weighted by molar-refractivity contribution is -0.0588. The summed E-state index contributed by atoms with van der Waals surface area (Å²) in [5, 5.41) is 24.0. The predicted octanol–water partition coefficient (Wildman–Crippen LogP) is 4.84. The third kappa shape index (κ3) is 3.96. The van der Waals surface area contributed by atoms with Crippen molar-refractivity contribution in [3.05, 3.63) is 76.9 Å². The molecule has 1 fully saturated rings. The molecule has 162 valence electrons. The third-order valence-electron chi connectivity index (χ3n) is 7.23. The van der Waals surface area contributed by atoms with E-state index in [-0.39, 0.29) is 5.60 Å². The molecule has 2 atom stereocenters. The van der Waals surface area contributed by atoms with Crippen LogP contribution < -0.4 is 4.74 Å².